The number of hydrogen-bond donors (Lipinski definition) is 0. The molecule has 0 atom stereocenters. The fraction of sp³-hybridized carbons (Fsp3) is 0.188. The van der Waals surface area contributed by atoms with E-state index in [0.29, 0.717) is 16.5 Å². The molecule has 0 bridgehead atoms. The van der Waals surface area contributed by atoms with Crippen molar-refractivity contribution < 1.29 is 0 Å². The van der Waals surface area contributed by atoms with Crippen molar-refractivity contribution in [1.82, 2.24) is 19.6 Å². The van der Waals surface area contributed by atoms with Crippen LogP contribution in [0.1, 0.15) is 27.9 Å². The molecule has 0 aliphatic rings. The molecule has 0 N–H and O–H groups in total. The predicted octanol–water partition coefficient (Wildman–Crippen LogP) is 3.10. The lowest BCUT2D eigenvalue weighted by Gasteiger charge is -2.04. The number of benzene rings is 1. The summed E-state index contributed by atoms with van der Waals surface area (Å²) >= 11 is 6.07. The van der Waals surface area contributed by atoms with Gasteiger partial charge >= 0.3 is 0 Å². The van der Waals surface area contributed by atoms with E-state index in [2.05, 4.69) is 59.9 Å². The number of rotatable bonds is 0. The van der Waals surface area contributed by atoms with E-state index in [1.807, 2.05) is 0 Å². The van der Waals surface area contributed by atoms with Crippen LogP contribution in [0.4, 0.5) is 0 Å². The summed E-state index contributed by atoms with van der Waals surface area (Å²) in [7, 11) is 0. The molecule has 1 aromatic carbocycles. The Morgan fingerprint density at radius 2 is 1.81 bits per heavy atom. The van der Waals surface area contributed by atoms with Crippen molar-refractivity contribution >= 4 is 17.2 Å². The largest absolute Gasteiger partial charge is 0.284 e. The smallest absolute Gasteiger partial charge is 0.198 e. The van der Waals surface area contributed by atoms with Gasteiger partial charge in [0.05, 0.1) is 0 Å². The minimum atomic E-state index is 0.302. The Kier molecular flexibility index (Phi) is 3.36. The monoisotopic (exact) mass is 296 g/mol. The fourth-order valence-electron chi connectivity index (χ4n) is 2.37. The zero-order valence-corrected chi connectivity index (χ0v) is 12.7. The van der Waals surface area contributed by atoms with E-state index in [9.17, 15) is 0 Å². The summed E-state index contributed by atoms with van der Waals surface area (Å²) in [6.07, 6.45) is 3.35. The zero-order chi connectivity index (χ0) is 15.0. The Balaban J connectivity index is 2.07. The Hall–Kier alpha value is -2.38. The van der Waals surface area contributed by atoms with Crippen LogP contribution >= 0.6 is 11.6 Å². The average molecular weight is 297 g/mol. The molecule has 0 fully saturated rings. The van der Waals surface area contributed by atoms with Crippen molar-refractivity contribution in [3.05, 3.63) is 57.8 Å². The topological polar surface area (TPSA) is 43.1 Å². The molecular formula is C16H13ClN4. The number of halogens is 1. The van der Waals surface area contributed by atoms with Crippen LogP contribution in [0.15, 0.2) is 24.7 Å². The van der Waals surface area contributed by atoms with Crippen LogP contribution in [-0.2, 0) is 0 Å². The van der Waals surface area contributed by atoms with Gasteiger partial charge < -0.3 is 0 Å². The normalized spacial score (nSPS) is 10.5. The molecule has 0 spiro atoms. The third-order valence-corrected chi connectivity index (χ3v) is 3.48. The van der Waals surface area contributed by atoms with Gasteiger partial charge in [0, 0.05) is 11.8 Å². The molecule has 0 saturated carbocycles. The van der Waals surface area contributed by atoms with Gasteiger partial charge in [0.15, 0.2) is 10.8 Å². The fourth-order valence-corrected chi connectivity index (χ4v) is 2.59. The molecular weight excluding hydrogens is 284 g/mol. The molecule has 21 heavy (non-hydrogen) atoms. The van der Waals surface area contributed by atoms with Crippen LogP contribution < -0.4 is 0 Å². The number of hydrogen-bond acceptors (Lipinski definition) is 3. The lowest BCUT2D eigenvalue weighted by molar-refractivity contribution is 1.09. The molecule has 104 valence electrons. The summed E-state index contributed by atoms with van der Waals surface area (Å²) in [5.41, 5.74) is 5.72. The first kappa shape index (κ1) is 13.6. The maximum absolute atomic E-state index is 6.07. The van der Waals surface area contributed by atoms with Crippen molar-refractivity contribution in [2.45, 2.75) is 20.8 Å². The van der Waals surface area contributed by atoms with Crippen LogP contribution in [-0.4, -0.2) is 19.6 Å². The summed E-state index contributed by atoms with van der Waals surface area (Å²) in [5.74, 6) is 6.25. The van der Waals surface area contributed by atoms with Gasteiger partial charge in [-0.3, -0.25) is 4.40 Å². The van der Waals surface area contributed by atoms with Crippen molar-refractivity contribution in [3.63, 3.8) is 0 Å². The molecule has 3 aromatic rings. The van der Waals surface area contributed by atoms with E-state index in [4.69, 9.17) is 11.6 Å². The predicted molar refractivity (Wildman–Crippen MR) is 82.4 cm³/mol. The molecule has 0 radical (unpaired) electrons. The van der Waals surface area contributed by atoms with Crippen molar-refractivity contribution in [2.24, 2.45) is 0 Å². The second kappa shape index (κ2) is 5.19. The SMILES string of the molecule is Cc1cc(C)c(C#Cc2cn3cnnc3c(Cl)n2)c(C)c1. The van der Waals surface area contributed by atoms with Crippen molar-refractivity contribution in [2.75, 3.05) is 0 Å². The van der Waals surface area contributed by atoms with Crippen LogP contribution in [0.2, 0.25) is 5.15 Å². The molecule has 0 aliphatic heterocycles. The molecule has 0 saturated heterocycles. The molecule has 2 aromatic heterocycles. The maximum Gasteiger partial charge on any atom is 0.198 e. The third-order valence-electron chi connectivity index (χ3n) is 3.23. The zero-order valence-electron chi connectivity index (χ0n) is 12.0. The van der Waals surface area contributed by atoms with Gasteiger partial charge in [-0.2, -0.15) is 0 Å². The standard InChI is InChI=1S/C16H13ClN4/c1-10-6-11(2)14(12(3)7-10)5-4-13-8-21-9-18-20-16(21)15(17)19-13/h6-9H,1-3H3. The second-order valence-corrected chi connectivity index (χ2v) is 5.36. The first-order valence-electron chi connectivity index (χ1n) is 6.50. The molecule has 2 heterocycles. The van der Waals surface area contributed by atoms with Crippen LogP contribution in [0.3, 0.4) is 0 Å². The lowest BCUT2D eigenvalue weighted by atomic mass is 10.0. The van der Waals surface area contributed by atoms with Gasteiger partial charge in [0.1, 0.15) is 12.0 Å². The number of aryl methyl sites for hydroxylation is 3. The van der Waals surface area contributed by atoms with Gasteiger partial charge in [-0.15, -0.1) is 10.2 Å². The van der Waals surface area contributed by atoms with Gasteiger partial charge in [0.2, 0.25) is 0 Å². The highest BCUT2D eigenvalue weighted by molar-refractivity contribution is 6.32. The highest BCUT2D eigenvalue weighted by Crippen LogP contribution is 2.16. The van der Waals surface area contributed by atoms with E-state index in [0.717, 1.165) is 16.7 Å². The first-order valence-corrected chi connectivity index (χ1v) is 6.88. The molecule has 4 nitrogen and oxygen atoms in total. The van der Waals surface area contributed by atoms with E-state index >= 15 is 0 Å². The molecule has 5 heteroatoms. The minimum absolute atomic E-state index is 0.302. The summed E-state index contributed by atoms with van der Waals surface area (Å²) < 4.78 is 1.72. The Bertz CT molecular complexity index is 877. The van der Waals surface area contributed by atoms with Gasteiger partial charge in [-0.1, -0.05) is 35.2 Å². The van der Waals surface area contributed by atoms with E-state index in [1.54, 1.807) is 16.9 Å². The second-order valence-electron chi connectivity index (χ2n) is 5.00. The van der Waals surface area contributed by atoms with Gasteiger partial charge in [-0.05, 0) is 37.8 Å². The lowest BCUT2D eigenvalue weighted by Crippen LogP contribution is -1.93. The minimum Gasteiger partial charge on any atom is -0.284 e. The Morgan fingerprint density at radius 1 is 1.10 bits per heavy atom. The summed E-state index contributed by atoms with van der Waals surface area (Å²) in [5, 5.41) is 7.99. The van der Waals surface area contributed by atoms with E-state index < -0.39 is 0 Å². The Labute approximate surface area is 127 Å². The van der Waals surface area contributed by atoms with Crippen molar-refractivity contribution in [1.29, 1.82) is 0 Å². The number of nitrogens with zero attached hydrogens (tertiary/aromatic N) is 4. The summed E-state index contributed by atoms with van der Waals surface area (Å²) in [6.45, 7) is 6.21. The van der Waals surface area contributed by atoms with Crippen molar-refractivity contribution in [3.8, 4) is 11.8 Å². The number of aromatic nitrogens is 4. The summed E-state index contributed by atoms with van der Waals surface area (Å²) in [4.78, 5) is 4.23. The highest BCUT2D eigenvalue weighted by atomic mass is 35.5. The Morgan fingerprint density at radius 3 is 2.52 bits per heavy atom. The van der Waals surface area contributed by atoms with E-state index in [-0.39, 0.29) is 0 Å². The number of fused-ring (bicyclic) bond motifs is 1. The molecule has 0 amide bonds. The molecule has 3 rings (SSSR count). The van der Waals surface area contributed by atoms with Crippen LogP contribution in [0.5, 0.6) is 0 Å². The quantitative estimate of drug-likeness (QED) is 0.599. The van der Waals surface area contributed by atoms with E-state index in [1.165, 1.54) is 5.56 Å². The average Bonchev–Trinajstić information content (AvgIpc) is 2.86. The van der Waals surface area contributed by atoms with Crippen LogP contribution in [0, 0.1) is 32.6 Å². The van der Waals surface area contributed by atoms with Gasteiger partial charge in [-0.25, -0.2) is 4.98 Å². The highest BCUT2D eigenvalue weighted by Gasteiger charge is 2.05. The van der Waals surface area contributed by atoms with Gasteiger partial charge in [0.25, 0.3) is 0 Å². The third kappa shape index (κ3) is 2.61. The first-order chi connectivity index (χ1) is 10.0. The summed E-state index contributed by atoms with van der Waals surface area (Å²) in [6, 6.07) is 4.25. The maximum atomic E-state index is 6.07. The molecule has 0 unspecified atom stereocenters. The van der Waals surface area contributed by atoms with Crippen LogP contribution in [0.25, 0.3) is 5.65 Å². The molecule has 0 aliphatic carbocycles.